The highest BCUT2D eigenvalue weighted by Gasteiger charge is 2.34. The summed E-state index contributed by atoms with van der Waals surface area (Å²) in [5.41, 5.74) is 0.866. The van der Waals surface area contributed by atoms with Gasteiger partial charge in [-0.15, -0.1) is 0 Å². The Kier molecular flexibility index (Phi) is 3.88. The van der Waals surface area contributed by atoms with Gasteiger partial charge in [-0.05, 0) is 42.9 Å². The minimum Gasteiger partial charge on any atom is -0.497 e. The molecule has 3 heteroatoms. The van der Waals surface area contributed by atoms with Gasteiger partial charge in [-0.2, -0.15) is 0 Å². The van der Waals surface area contributed by atoms with E-state index in [1.165, 1.54) is 25.7 Å². The van der Waals surface area contributed by atoms with E-state index >= 15 is 0 Å². The standard InChI is InChI=1S/C17H24O3/c1-11-3-5-12(6-4-11)17-10-15(18)14-9-13(19-2)7-8-16(14)20-17/h7-9,11-12,15,17-18H,3-6,10H2,1-2H3. The summed E-state index contributed by atoms with van der Waals surface area (Å²) in [6.45, 7) is 2.33. The van der Waals surface area contributed by atoms with Gasteiger partial charge in [-0.3, -0.25) is 0 Å². The SMILES string of the molecule is COc1ccc2c(c1)C(O)CC(C1CCC(C)CC1)O2. The molecule has 2 atom stereocenters. The highest BCUT2D eigenvalue weighted by molar-refractivity contribution is 5.43. The number of benzene rings is 1. The van der Waals surface area contributed by atoms with Crippen LogP contribution in [0.1, 0.15) is 50.7 Å². The second-order valence-electron chi connectivity index (χ2n) is 6.33. The Hall–Kier alpha value is -1.22. The molecule has 2 unspecified atom stereocenters. The lowest BCUT2D eigenvalue weighted by molar-refractivity contribution is 0.0192. The Morgan fingerprint density at radius 3 is 2.65 bits per heavy atom. The largest absolute Gasteiger partial charge is 0.497 e. The van der Waals surface area contributed by atoms with Crippen LogP contribution in [-0.2, 0) is 0 Å². The lowest BCUT2D eigenvalue weighted by Crippen LogP contribution is -2.34. The van der Waals surface area contributed by atoms with Crippen molar-refractivity contribution in [2.75, 3.05) is 7.11 Å². The molecule has 0 amide bonds. The first-order chi connectivity index (χ1) is 9.67. The highest BCUT2D eigenvalue weighted by Crippen LogP contribution is 2.42. The predicted octanol–water partition coefficient (Wildman–Crippen LogP) is 3.71. The Bertz CT molecular complexity index is 463. The Balaban J connectivity index is 1.75. The second-order valence-corrected chi connectivity index (χ2v) is 6.33. The van der Waals surface area contributed by atoms with Crippen LogP contribution in [0.3, 0.4) is 0 Å². The summed E-state index contributed by atoms with van der Waals surface area (Å²) in [4.78, 5) is 0. The average Bonchev–Trinajstić information content (AvgIpc) is 2.47. The highest BCUT2D eigenvalue weighted by atomic mass is 16.5. The fourth-order valence-corrected chi connectivity index (χ4v) is 3.53. The van der Waals surface area contributed by atoms with Gasteiger partial charge in [-0.1, -0.05) is 19.8 Å². The molecule has 20 heavy (non-hydrogen) atoms. The number of aliphatic hydroxyl groups is 1. The lowest BCUT2D eigenvalue weighted by atomic mass is 9.78. The number of ether oxygens (including phenoxy) is 2. The van der Waals surface area contributed by atoms with Crippen molar-refractivity contribution in [1.82, 2.24) is 0 Å². The van der Waals surface area contributed by atoms with E-state index in [1.54, 1.807) is 7.11 Å². The van der Waals surface area contributed by atoms with Crippen molar-refractivity contribution in [2.45, 2.75) is 51.2 Å². The van der Waals surface area contributed by atoms with Crippen molar-refractivity contribution in [3.05, 3.63) is 23.8 Å². The molecule has 0 spiro atoms. The van der Waals surface area contributed by atoms with Crippen LogP contribution in [0, 0.1) is 11.8 Å². The van der Waals surface area contributed by atoms with Crippen LogP contribution in [0.25, 0.3) is 0 Å². The summed E-state index contributed by atoms with van der Waals surface area (Å²) >= 11 is 0. The summed E-state index contributed by atoms with van der Waals surface area (Å²) < 4.78 is 11.4. The molecule has 0 bridgehead atoms. The second kappa shape index (κ2) is 5.65. The van der Waals surface area contributed by atoms with E-state index in [9.17, 15) is 5.11 Å². The smallest absolute Gasteiger partial charge is 0.125 e. The summed E-state index contributed by atoms with van der Waals surface area (Å²) in [5, 5.41) is 10.4. The molecule has 1 aliphatic heterocycles. The number of hydrogen-bond acceptors (Lipinski definition) is 3. The van der Waals surface area contributed by atoms with Crippen molar-refractivity contribution in [3.63, 3.8) is 0 Å². The first kappa shape index (κ1) is 13.7. The van der Waals surface area contributed by atoms with Gasteiger partial charge in [0.05, 0.1) is 13.2 Å². The van der Waals surface area contributed by atoms with Crippen molar-refractivity contribution in [2.24, 2.45) is 11.8 Å². The van der Waals surface area contributed by atoms with Crippen LogP contribution in [0.15, 0.2) is 18.2 Å². The lowest BCUT2D eigenvalue weighted by Gasteiger charge is -2.37. The van der Waals surface area contributed by atoms with E-state index in [0.29, 0.717) is 12.3 Å². The third-order valence-electron chi connectivity index (χ3n) is 4.90. The van der Waals surface area contributed by atoms with Crippen LogP contribution < -0.4 is 9.47 Å². The van der Waals surface area contributed by atoms with Gasteiger partial charge in [0.25, 0.3) is 0 Å². The zero-order chi connectivity index (χ0) is 14.1. The van der Waals surface area contributed by atoms with Crippen molar-refractivity contribution in [3.8, 4) is 11.5 Å². The van der Waals surface area contributed by atoms with Gasteiger partial charge in [0.2, 0.25) is 0 Å². The number of methoxy groups -OCH3 is 1. The number of rotatable bonds is 2. The van der Waals surface area contributed by atoms with Gasteiger partial charge >= 0.3 is 0 Å². The maximum absolute atomic E-state index is 10.4. The van der Waals surface area contributed by atoms with Crippen LogP contribution in [-0.4, -0.2) is 18.3 Å². The Morgan fingerprint density at radius 1 is 1.20 bits per heavy atom. The molecule has 3 nitrogen and oxygen atoms in total. The van der Waals surface area contributed by atoms with Crippen molar-refractivity contribution >= 4 is 0 Å². The molecule has 1 fully saturated rings. The zero-order valence-corrected chi connectivity index (χ0v) is 12.3. The van der Waals surface area contributed by atoms with E-state index in [-0.39, 0.29) is 6.10 Å². The molecular weight excluding hydrogens is 252 g/mol. The molecule has 0 radical (unpaired) electrons. The average molecular weight is 276 g/mol. The minimum absolute atomic E-state index is 0.165. The molecule has 1 N–H and O–H groups in total. The maximum Gasteiger partial charge on any atom is 0.125 e. The molecule has 1 aromatic rings. The molecule has 2 aliphatic rings. The summed E-state index contributed by atoms with van der Waals surface area (Å²) in [7, 11) is 1.64. The molecule has 1 aliphatic carbocycles. The van der Waals surface area contributed by atoms with E-state index in [0.717, 1.165) is 23.0 Å². The summed E-state index contributed by atoms with van der Waals surface area (Å²) in [6, 6.07) is 5.71. The molecule has 3 rings (SSSR count). The fraction of sp³-hybridized carbons (Fsp3) is 0.647. The molecule has 1 saturated carbocycles. The molecular formula is C17H24O3. The first-order valence-electron chi connectivity index (χ1n) is 7.70. The van der Waals surface area contributed by atoms with Crippen LogP contribution in [0.2, 0.25) is 0 Å². The predicted molar refractivity (Wildman–Crippen MR) is 78.1 cm³/mol. The van der Waals surface area contributed by atoms with Crippen LogP contribution in [0.4, 0.5) is 0 Å². The van der Waals surface area contributed by atoms with Crippen LogP contribution in [0.5, 0.6) is 11.5 Å². The summed E-state index contributed by atoms with van der Waals surface area (Å²) in [5.74, 6) is 3.04. The first-order valence-corrected chi connectivity index (χ1v) is 7.70. The van der Waals surface area contributed by atoms with Gasteiger partial charge in [0.15, 0.2) is 0 Å². The Morgan fingerprint density at radius 2 is 1.95 bits per heavy atom. The van der Waals surface area contributed by atoms with E-state index in [4.69, 9.17) is 9.47 Å². The minimum atomic E-state index is -0.432. The Labute approximate surface area is 120 Å². The van der Waals surface area contributed by atoms with Gasteiger partial charge in [-0.25, -0.2) is 0 Å². The normalized spacial score (nSPS) is 33.1. The molecule has 1 aromatic carbocycles. The maximum atomic E-state index is 10.4. The van der Waals surface area contributed by atoms with Gasteiger partial charge < -0.3 is 14.6 Å². The molecule has 1 heterocycles. The monoisotopic (exact) mass is 276 g/mol. The summed E-state index contributed by atoms with van der Waals surface area (Å²) in [6.07, 6.45) is 5.47. The molecule has 0 aromatic heterocycles. The van der Waals surface area contributed by atoms with Gasteiger partial charge in [0, 0.05) is 12.0 Å². The molecule has 0 saturated heterocycles. The zero-order valence-electron chi connectivity index (χ0n) is 12.3. The number of fused-ring (bicyclic) bond motifs is 1. The third kappa shape index (κ3) is 2.64. The van der Waals surface area contributed by atoms with E-state index in [1.807, 2.05) is 18.2 Å². The topological polar surface area (TPSA) is 38.7 Å². The number of hydrogen-bond donors (Lipinski definition) is 1. The van der Waals surface area contributed by atoms with E-state index < -0.39 is 6.10 Å². The number of aliphatic hydroxyl groups excluding tert-OH is 1. The quantitative estimate of drug-likeness (QED) is 0.895. The van der Waals surface area contributed by atoms with Gasteiger partial charge in [0.1, 0.15) is 17.6 Å². The van der Waals surface area contributed by atoms with Crippen molar-refractivity contribution < 1.29 is 14.6 Å². The van der Waals surface area contributed by atoms with E-state index in [2.05, 4.69) is 6.92 Å². The van der Waals surface area contributed by atoms with Crippen LogP contribution >= 0.6 is 0 Å². The fourth-order valence-electron chi connectivity index (χ4n) is 3.53. The van der Waals surface area contributed by atoms with Crippen molar-refractivity contribution in [1.29, 1.82) is 0 Å². The third-order valence-corrected chi connectivity index (χ3v) is 4.90. The molecule has 110 valence electrons.